The number of benzene rings is 1. The highest BCUT2D eigenvalue weighted by Gasteiger charge is 2.32. The first-order valence-electron chi connectivity index (χ1n) is 9.36. The van der Waals surface area contributed by atoms with E-state index in [0.717, 1.165) is 17.5 Å². The number of likely N-dealkylation sites (N-methyl/N-ethyl adjacent to an activating group) is 1. The molecule has 7 nitrogen and oxygen atoms in total. The van der Waals surface area contributed by atoms with Crippen LogP contribution in [-0.4, -0.2) is 39.4 Å². The van der Waals surface area contributed by atoms with Gasteiger partial charge in [-0.25, -0.2) is 13.8 Å². The Kier molecular flexibility index (Phi) is 4.63. The standard InChI is InChI=1S/C21H15BrF2N4O3/c1-28(21(30)14-2-9-3-18(22)25-6-15(9)26-14)17-8-31-7-16-19(17)10-4-12(23)13(24)5-11(10)20(29)27-16/h2-6,17,26H,7-8H2,1H3,(H,27,29)/t17-/m1/s1. The van der Waals surface area contributed by atoms with Crippen LogP contribution in [0.3, 0.4) is 0 Å². The van der Waals surface area contributed by atoms with Gasteiger partial charge in [0.15, 0.2) is 11.6 Å². The minimum absolute atomic E-state index is 0.0203. The summed E-state index contributed by atoms with van der Waals surface area (Å²) in [7, 11) is 1.60. The van der Waals surface area contributed by atoms with Crippen LogP contribution in [0.4, 0.5) is 8.78 Å². The summed E-state index contributed by atoms with van der Waals surface area (Å²) in [4.78, 5) is 36.9. The number of aromatic amines is 2. The number of pyridine rings is 2. The summed E-state index contributed by atoms with van der Waals surface area (Å²) >= 11 is 3.30. The minimum atomic E-state index is -1.11. The third-order valence-electron chi connectivity index (χ3n) is 5.53. The maximum absolute atomic E-state index is 14.0. The van der Waals surface area contributed by atoms with Crippen molar-refractivity contribution in [2.75, 3.05) is 13.7 Å². The van der Waals surface area contributed by atoms with Crippen molar-refractivity contribution in [1.29, 1.82) is 0 Å². The van der Waals surface area contributed by atoms with Crippen LogP contribution >= 0.6 is 15.9 Å². The first-order valence-corrected chi connectivity index (χ1v) is 10.2. The maximum Gasteiger partial charge on any atom is 0.270 e. The Labute approximate surface area is 182 Å². The zero-order valence-electron chi connectivity index (χ0n) is 16.1. The van der Waals surface area contributed by atoms with Gasteiger partial charge in [0, 0.05) is 23.7 Å². The molecule has 1 aromatic carbocycles. The van der Waals surface area contributed by atoms with Gasteiger partial charge >= 0.3 is 0 Å². The lowest BCUT2D eigenvalue weighted by Crippen LogP contribution is -2.37. The van der Waals surface area contributed by atoms with Gasteiger partial charge in [-0.1, -0.05) is 0 Å². The summed E-state index contributed by atoms with van der Waals surface area (Å²) in [6.45, 7) is 0.243. The lowest BCUT2D eigenvalue weighted by Gasteiger charge is -2.33. The number of halogens is 3. The van der Waals surface area contributed by atoms with Crippen molar-refractivity contribution in [3.8, 4) is 0 Å². The number of rotatable bonds is 2. The molecular weight excluding hydrogens is 474 g/mol. The predicted octanol–water partition coefficient (Wildman–Crippen LogP) is 3.79. The van der Waals surface area contributed by atoms with E-state index >= 15 is 0 Å². The number of nitrogens with zero attached hydrogens (tertiary/aromatic N) is 2. The molecule has 31 heavy (non-hydrogen) atoms. The topological polar surface area (TPSA) is 91.1 Å². The molecule has 158 valence electrons. The number of amides is 1. The summed E-state index contributed by atoms with van der Waals surface area (Å²) in [5.41, 5.74) is 1.47. The third kappa shape index (κ3) is 3.22. The Bertz CT molecular complexity index is 1430. The van der Waals surface area contributed by atoms with Crippen molar-refractivity contribution >= 4 is 43.5 Å². The normalized spacial score (nSPS) is 15.9. The van der Waals surface area contributed by atoms with Crippen LogP contribution in [0.5, 0.6) is 0 Å². The van der Waals surface area contributed by atoms with E-state index in [2.05, 4.69) is 30.9 Å². The van der Waals surface area contributed by atoms with Gasteiger partial charge in [0.1, 0.15) is 10.3 Å². The summed E-state index contributed by atoms with van der Waals surface area (Å²) in [5, 5.41) is 1.09. The lowest BCUT2D eigenvalue weighted by molar-refractivity contribution is 0.0333. The summed E-state index contributed by atoms with van der Waals surface area (Å²) in [5.74, 6) is -2.49. The molecule has 5 rings (SSSR count). The molecule has 0 saturated heterocycles. The van der Waals surface area contributed by atoms with Crippen molar-refractivity contribution in [3.63, 3.8) is 0 Å². The van der Waals surface area contributed by atoms with Crippen LogP contribution in [-0.2, 0) is 11.3 Å². The van der Waals surface area contributed by atoms with Crippen LogP contribution < -0.4 is 5.56 Å². The molecule has 1 amide bonds. The van der Waals surface area contributed by atoms with Crippen molar-refractivity contribution < 1.29 is 18.3 Å². The van der Waals surface area contributed by atoms with Gasteiger partial charge in [0.05, 0.1) is 36.4 Å². The first kappa shape index (κ1) is 19.8. The average molecular weight is 489 g/mol. The molecule has 0 fully saturated rings. The molecule has 0 saturated carbocycles. The van der Waals surface area contributed by atoms with E-state index < -0.39 is 23.2 Å². The SMILES string of the molecule is CN(C(=O)c1cc2cc(Br)ncc2[nH]1)[C@@H]1COCc2[nH]c(=O)c3cc(F)c(F)cc3c21. The third-order valence-corrected chi connectivity index (χ3v) is 5.96. The Hall–Kier alpha value is -3.11. The smallest absolute Gasteiger partial charge is 0.270 e. The molecule has 3 aromatic heterocycles. The summed E-state index contributed by atoms with van der Waals surface area (Å²) in [6.07, 6.45) is 1.62. The Morgan fingerprint density at radius 1 is 1.19 bits per heavy atom. The molecule has 10 heteroatoms. The van der Waals surface area contributed by atoms with Crippen molar-refractivity contribution in [1.82, 2.24) is 19.9 Å². The van der Waals surface area contributed by atoms with E-state index in [1.165, 1.54) is 4.90 Å². The first-order chi connectivity index (χ1) is 14.8. The van der Waals surface area contributed by atoms with E-state index in [0.29, 0.717) is 27.1 Å². The van der Waals surface area contributed by atoms with Crippen LogP contribution in [0.1, 0.15) is 27.8 Å². The van der Waals surface area contributed by atoms with E-state index in [1.807, 2.05) is 0 Å². The van der Waals surface area contributed by atoms with E-state index in [9.17, 15) is 18.4 Å². The molecule has 1 aliphatic heterocycles. The molecule has 4 heterocycles. The van der Waals surface area contributed by atoms with Crippen LogP contribution in [0.15, 0.2) is 39.9 Å². The number of ether oxygens (including phenoxy) is 1. The Morgan fingerprint density at radius 2 is 1.94 bits per heavy atom. The van der Waals surface area contributed by atoms with Crippen LogP contribution in [0.25, 0.3) is 21.7 Å². The van der Waals surface area contributed by atoms with Gasteiger partial charge in [-0.15, -0.1) is 0 Å². The molecular formula is C21H15BrF2N4O3. The van der Waals surface area contributed by atoms with Gasteiger partial charge in [-0.2, -0.15) is 0 Å². The van der Waals surface area contributed by atoms with E-state index in [-0.39, 0.29) is 29.9 Å². The lowest BCUT2D eigenvalue weighted by atomic mass is 9.95. The van der Waals surface area contributed by atoms with Crippen molar-refractivity contribution in [2.45, 2.75) is 12.6 Å². The number of nitrogens with one attached hydrogen (secondary N) is 2. The highest BCUT2D eigenvalue weighted by atomic mass is 79.9. The molecule has 4 aromatic rings. The number of carbonyl (C=O) groups is 1. The highest BCUT2D eigenvalue weighted by Crippen LogP contribution is 2.34. The van der Waals surface area contributed by atoms with Crippen LogP contribution in [0.2, 0.25) is 0 Å². The highest BCUT2D eigenvalue weighted by molar-refractivity contribution is 9.10. The maximum atomic E-state index is 14.0. The molecule has 2 N–H and O–H groups in total. The second-order valence-electron chi connectivity index (χ2n) is 7.38. The number of H-pyrrole nitrogens is 2. The molecule has 0 aliphatic carbocycles. The largest absolute Gasteiger partial charge is 0.373 e. The van der Waals surface area contributed by atoms with E-state index in [4.69, 9.17) is 4.74 Å². The fraction of sp³-hybridized carbons (Fsp3) is 0.190. The number of hydrogen-bond acceptors (Lipinski definition) is 4. The van der Waals surface area contributed by atoms with Gasteiger partial charge < -0.3 is 19.6 Å². The quantitative estimate of drug-likeness (QED) is 0.420. The average Bonchev–Trinajstić information content (AvgIpc) is 3.17. The molecule has 0 bridgehead atoms. The molecule has 1 atom stereocenters. The van der Waals surface area contributed by atoms with Gasteiger partial charge in [-0.05, 0) is 45.6 Å². The Balaban J connectivity index is 1.61. The molecule has 0 radical (unpaired) electrons. The fourth-order valence-corrected chi connectivity index (χ4v) is 4.35. The summed E-state index contributed by atoms with van der Waals surface area (Å²) < 4.78 is 34.0. The van der Waals surface area contributed by atoms with E-state index in [1.54, 1.807) is 25.4 Å². The van der Waals surface area contributed by atoms with Crippen molar-refractivity contribution in [2.24, 2.45) is 0 Å². The molecule has 1 aliphatic rings. The summed E-state index contributed by atoms with van der Waals surface area (Å²) in [6, 6.07) is 4.77. The predicted molar refractivity (Wildman–Crippen MR) is 113 cm³/mol. The minimum Gasteiger partial charge on any atom is -0.373 e. The van der Waals surface area contributed by atoms with Gasteiger partial charge in [0.25, 0.3) is 11.5 Å². The van der Waals surface area contributed by atoms with Crippen LogP contribution in [0, 0.1) is 11.6 Å². The zero-order valence-corrected chi connectivity index (χ0v) is 17.7. The fourth-order valence-electron chi connectivity index (χ4n) is 4.00. The molecule has 0 unspecified atom stereocenters. The number of carbonyl (C=O) groups excluding carboxylic acids is 1. The monoisotopic (exact) mass is 488 g/mol. The molecule has 0 spiro atoms. The number of aromatic nitrogens is 3. The zero-order chi connectivity index (χ0) is 21.9. The Morgan fingerprint density at radius 3 is 2.71 bits per heavy atom. The number of fused-ring (bicyclic) bond motifs is 4. The second kappa shape index (κ2) is 7.24. The van der Waals surface area contributed by atoms with Crippen molar-refractivity contribution in [3.05, 3.63) is 74.0 Å². The number of hydrogen-bond donors (Lipinski definition) is 2. The van der Waals surface area contributed by atoms with Gasteiger partial charge in [0.2, 0.25) is 0 Å². The second-order valence-corrected chi connectivity index (χ2v) is 8.20. The van der Waals surface area contributed by atoms with Gasteiger partial charge in [-0.3, -0.25) is 9.59 Å².